The third-order valence-corrected chi connectivity index (χ3v) is 13.4. The summed E-state index contributed by atoms with van der Waals surface area (Å²) in [7, 11) is 5.37. The number of carboxylic acids is 1. The van der Waals surface area contributed by atoms with Gasteiger partial charge in [0.2, 0.25) is 11.8 Å². The van der Waals surface area contributed by atoms with E-state index in [1.54, 1.807) is 9.80 Å². The third kappa shape index (κ3) is 15.9. The second-order valence-electron chi connectivity index (χ2n) is 18.0. The van der Waals surface area contributed by atoms with Crippen molar-refractivity contribution in [3.8, 4) is 23.7 Å². The van der Waals surface area contributed by atoms with Crippen LogP contribution in [0.4, 0.5) is 0 Å². The van der Waals surface area contributed by atoms with Crippen molar-refractivity contribution in [1.29, 1.82) is 0 Å². The summed E-state index contributed by atoms with van der Waals surface area (Å²) in [6.07, 6.45) is 2.35. The first-order valence-electron chi connectivity index (χ1n) is 24.2. The number of nitrogens with zero attached hydrogens (tertiary/aromatic N) is 4. The number of carbonyl (C=O) groups excluding carboxylic acids is 3. The van der Waals surface area contributed by atoms with Crippen LogP contribution >= 0.6 is 0 Å². The van der Waals surface area contributed by atoms with E-state index in [1.807, 2.05) is 196 Å². The number of hydrogen-bond acceptors (Lipinski definition) is 8. The molecular formula is C61H65LiN4O8. The van der Waals surface area contributed by atoms with Gasteiger partial charge in [-0.05, 0) is 86.3 Å². The van der Waals surface area contributed by atoms with E-state index in [1.165, 1.54) is 7.11 Å². The summed E-state index contributed by atoms with van der Waals surface area (Å²) in [5.41, 5.74) is 5.48. The van der Waals surface area contributed by atoms with Gasteiger partial charge in [-0.1, -0.05) is 181 Å². The van der Waals surface area contributed by atoms with E-state index in [9.17, 15) is 24.3 Å². The number of likely N-dealkylation sites (tertiary alicyclic amines) is 2. The molecule has 8 rings (SSSR count). The zero-order valence-electron chi connectivity index (χ0n) is 42.7. The van der Waals surface area contributed by atoms with Crippen molar-refractivity contribution in [1.82, 2.24) is 19.6 Å². The van der Waals surface area contributed by atoms with Gasteiger partial charge in [0.05, 0.1) is 32.0 Å². The van der Waals surface area contributed by atoms with E-state index in [-0.39, 0.29) is 59.7 Å². The van der Waals surface area contributed by atoms with Gasteiger partial charge in [0.25, 0.3) is 0 Å². The molecule has 0 aromatic heterocycles. The minimum absolute atomic E-state index is 0. The summed E-state index contributed by atoms with van der Waals surface area (Å²) in [5.74, 6) is 10.2. The number of ether oxygens (including phenoxy) is 1. The van der Waals surface area contributed by atoms with Crippen LogP contribution in [0, 0.1) is 23.7 Å². The topological polar surface area (TPSA) is 172 Å². The van der Waals surface area contributed by atoms with Gasteiger partial charge in [-0.2, -0.15) is 0 Å². The normalized spacial score (nSPS) is 16.8. The molecule has 2 aliphatic rings. The molecule has 0 saturated carbocycles. The Balaban J connectivity index is 0.000000308. The predicted octanol–water partition coefficient (Wildman–Crippen LogP) is 4.58. The number of carbonyl (C=O) groups is 4. The maximum atomic E-state index is 14.0. The Kier molecular flexibility index (Phi) is 24.1. The molecule has 0 unspecified atom stereocenters. The standard InChI is InChI=1S/C31H32N2O3.C30H30N2O3.Li.2H2O/c1-32(21-12-15-24-13-6-3-7-14-24)27-20-22-33(28(23-27)31(35)36-2)30(34)29(25-16-8-4-9-17-25)26-18-10-5-11-19-26;1-31(20-11-14-23-12-5-2-6-13-23)26-19-21-32(27(22-26)30(34)35)29(33)28(24-15-7-3-8-16-24)25-17-9-4-10-18-25;;;/h3-11,13-14,16-19,27-29H,20-23H2,1-2H3;2-10,12-13,15-18,26-28H,19-22H2,1H3,(H,34,35);;2*1H2/q;;+1;;/p-1/t27-,28-;26-,27-;;;/m00.../s1. The second kappa shape index (κ2) is 30.1. The minimum atomic E-state index is -0.966. The molecule has 0 radical (unpaired) electrons. The number of methoxy groups -OCH3 is 1. The molecule has 378 valence electrons. The number of aliphatic carboxylic acids is 1. The van der Waals surface area contributed by atoms with Crippen LogP contribution in [0.2, 0.25) is 0 Å². The third-order valence-electron chi connectivity index (χ3n) is 13.4. The van der Waals surface area contributed by atoms with Crippen molar-refractivity contribution in [2.24, 2.45) is 0 Å². The van der Waals surface area contributed by atoms with E-state index in [4.69, 9.17) is 4.74 Å². The van der Waals surface area contributed by atoms with Crippen molar-refractivity contribution >= 4 is 23.8 Å². The fourth-order valence-electron chi connectivity index (χ4n) is 9.52. The molecule has 4 N–H and O–H groups in total. The quantitative estimate of drug-likeness (QED) is 0.105. The molecule has 0 bridgehead atoms. The van der Waals surface area contributed by atoms with Gasteiger partial charge in [-0.3, -0.25) is 19.4 Å². The van der Waals surface area contributed by atoms with Crippen molar-refractivity contribution in [3.63, 3.8) is 0 Å². The van der Waals surface area contributed by atoms with Crippen LogP contribution in [0.15, 0.2) is 182 Å². The molecule has 0 aliphatic carbocycles. The Hall–Kier alpha value is -7.24. The van der Waals surface area contributed by atoms with E-state index in [2.05, 4.69) is 33.5 Å². The molecule has 2 saturated heterocycles. The van der Waals surface area contributed by atoms with Crippen molar-refractivity contribution in [3.05, 3.63) is 215 Å². The van der Waals surface area contributed by atoms with Gasteiger partial charge in [0.15, 0.2) is 0 Å². The molecule has 0 spiro atoms. The van der Waals surface area contributed by atoms with Crippen LogP contribution in [-0.2, 0) is 23.9 Å². The number of rotatable bonds is 12. The molecule has 2 amide bonds. The number of hydrogen-bond donors (Lipinski definition) is 1. The van der Waals surface area contributed by atoms with Crippen molar-refractivity contribution in [2.75, 3.05) is 47.4 Å². The smallest absolute Gasteiger partial charge is 0.870 e. The van der Waals surface area contributed by atoms with Crippen molar-refractivity contribution < 1.29 is 58.8 Å². The van der Waals surface area contributed by atoms with Crippen molar-refractivity contribution in [2.45, 2.75) is 61.7 Å². The summed E-state index contributed by atoms with van der Waals surface area (Å²) in [4.78, 5) is 60.6. The molecule has 6 aromatic rings. The first kappa shape index (κ1) is 59.3. The molecule has 74 heavy (non-hydrogen) atoms. The fraction of sp³-hybridized carbons (Fsp3) is 0.279. The maximum absolute atomic E-state index is 14.0. The van der Waals surface area contributed by atoms with E-state index < -0.39 is 29.9 Å². The molecule has 6 aromatic carbocycles. The van der Waals surface area contributed by atoms with Crippen LogP contribution in [0.5, 0.6) is 0 Å². The predicted molar refractivity (Wildman–Crippen MR) is 284 cm³/mol. The molecule has 12 nitrogen and oxygen atoms in total. The summed E-state index contributed by atoms with van der Waals surface area (Å²) in [6.45, 7) is 2.00. The van der Waals surface area contributed by atoms with Gasteiger partial charge in [-0.25, -0.2) is 9.59 Å². The average Bonchev–Trinajstić information content (AvgIpc) is 3.42. The monoisotopic (exact) mass is 988 g/mol. The Morgan fingerprint density at radius 3 is 1.15 bits per heavy atom. The molecule has 2 heterocycles. The largest absolute Gasteiger partial charge is 1.00 e. The van der Waals surface area contributed by atoms with Gasteiger partial charge in [0.1, 0.15) is 12.1 Å². The second-order valence-corrected chi connectivity index (χ2v) is 18.0. The summed E-state index contributed by atoms with van der Waals surface area (Å²) in [5, 5.41) is 10.1. The molecule has 2 fully saturated rings. The summed E-state index contributed by atoms with van der Waals surface area (Å²) >= 11 is 0. The Morgan fingerprint density at radius 2 is 0.838 bits per heavy atom. The van der Waals surface area contributed by atoms with Gasteiger partial charge in [0, 0.05) is 36.3 Å². The zero-order chi connectivity index (χ0) is 50.0. The summed E-state index contributed by atoms with van der Waals surface area (Å²) < 4.78 is 5.15. The van der Waals surface area contributed by atoms with Gasteiger partial charge in [-0.15, -0.1) is 0 Å². The van der Waals surface area contributed by atoms with E-state index in [0.29, 0.717) is 45.4 Å². The molecule has 13 heteroatoms. The molecule has 4 atom stereocenters. The van der Waals surface area contributed by atoms with Crippen LogP contribution in [0.1, 0.15) is 70.9 Å². The van der Waals surface area contributed by atoms with E-state index in [0.717, 1.165) is 39.8 Å². The SMILES string of the molecule is CN(CC#Cc1ccccc1)[C@H]1CCN(C(=O)C(c2ccccc2)c2ccccc2)[C@H](C(=O)O)C1.COC(=O)[C@@H]1C[C@@H](N(C)CC#Cc2ccccc2)CCN1C(=O)C(c1ccccc1)c1ccccc1.O.[Li+].[OH-]. The number of esters is 1. The first-order chi connectivity index (χ1) is 34.6. The molecule has 2 aliphatic heterocycles. The maximum Gasteiger partial charge on any atom is 1.00 e. The zero-order valence-corrected chi connectivity index (χ0v) is 42.7. The number of piperidine rings is 2. The summed E-state index contributed by atoms with van der Waals surface area (Å²) in [6, 6.07) is 57.0. The molecular weight excluding hydrogens is 924 g/mol. The Morgan fingerprint density at radius 1 is 0.541 bits per heavy atom. The van der Waals surface area contributed by atoms with Crippen LogP contribution in [0.3, 0.4) is 0 Å². The van der Waals surface area contributed by atoms with Crippen LogP contribution in [0.25, 0.3) is 0 Å². The first-order valence-corrected chi connectivity index (χ1v) is 24.2. The van der Waals surface area contributed by atoms with Crippen LogP contribution in [-0.4, -0.2) is 131 Å². The average molecular weight is 989 g/mol. The Bertz CT molecular complexity index is 2710. The van der Waals surface area contributed by atoms with E-state index >= 15 is 0 Å². The number of amides is 2. The minimum Gasteiger partial charge on any atom is -0.870 e. The van der Waals surface area contributed by atoms with Gasteiger partial charge < -0.3 is 30.6 Å². The van der Waals surface area contributed by atoms with Crippen LogP contribution < -0.4 is 18.9 Å². The fourth-order valence-corrected chi connectivity index (χ4v) is 9.52. The number of benzene rings is 6. The number of carboxylic acid groups (broad SMARTS) is 1. The Labute approximate surface area is 448 Å². The van der Waals surface area contributed by atoms with Gasteiger partial charge >= 0.3 is 30.8 Å².